The minimum atomic E-state index is -0.539. The summed E-state index contributed by atoms with van der Waals surface area (Å²) < 4.78 is 38.2. The lowest BCUT2D eigenvalue weighted by Gasteiger charge is -2.09. The lowest BCUT2D eigenvalue weighted by Crippen LogP contribution is -2.24. The van der Waals surface area contributed by atoms with Crippen molar-refractivity contribution in [2.45, 2.75) is 20.3 Å². The van der Waals surface area contributed by atoms with Crippen LogP contribution in [0.25, 0.3) is 45.6 Å². The molecule has 0 aliphatic carbocycles. The van der Waals surface area contributed by atoms with E-state index in [4.69, 9.17) is 94.3 Å². The highest BCUT2D eigenvalue weighted by atomic mass is 127. The summed E-state index contributed by atoms with van der Waals surface area (Å²) >= 11 is 71.0. The Labute approximate surface area is 914 Å². The quantitative estimate of drug-likeness (QED) is 0.0653. The molecule has 0 spiro atoms. The van der Waals surface area contributed by atoms with Crippen molar-refractivity contribution >= 4 is 274 Å². The number of nitrogens with zero attached hydrogens (tertiary/aromatic N) is 17. The van der Waals surface area contributed by atoms with Crippen LogP contribution in [-0.4, -0.2) is 124 Å². The van der Waals surface area contributed by atoms with E-state index in [0.717, 1.165) is 37.2 Å². The monoisotopic (exact) mass is 2820 g/mol. The number of ether oxygens (including phenoxy) is 4. The van der Waals surface area contributed by atoms with E-state index in [9.17, 15) is 38.4 Å². The number of aromatic nitrogens is 17. The highest BCUT2D eigenvalue weighted by Crippen LogP contribution is 2.29. The Kier molecular flexibility index (Phi) is 45.4. The minimum absolute atomic E-state index is 0.0180. The number of methoxy groups -OCH3 is 2. The standard InChI is InChI=1S/C13H13Br2N3O2.C13H12Br2N2O3.C11H8Br2N2O2.C11H8Br2N2O.C11H8I2N2O.C10H4Cl4N2O.C10H6Cl2N2O.C9H5Br2N3O/c14-11-8-17-18(13(19)12(11)15)9-3-1-4-10(7-9)20-6-2-5-16;1-19-5-6-20-10-4-2-3-9(7-10)17-13(18)12(15)11(14)8-16-17;1-17-8-4-2-3-7(5-8)15-11(16)10(13)9(12)6-14-15;2*1-7-3-2-4-8(5-7)15-11(16)10(13)9(12)6-14-15;11-5-1-2-8(6(12)3-5)16-10(17)9(14)7(13)4-15-16;11-8-6-13-14(10(15)9(8)12)7-4-2-1-3-5-7;10-6-5-13-14(9(15)8(6)11)7-3-1-2-4-12-7/h1,3-4,7-8H,2,5-6,16H2;2-4,7-8H,5-6H2,1H3;2-6H,1H3;2*2-6H,1H3;1-4H;1-6H;1-5H. The zero-order chi connectivity index (χ0) is 99.1. The van der Waals surface area contributed by atoms with Gasteiger partial charge in [0.25, 0.3) is 44.5 Å². The third kappa shape index (κ3) is 31.3. The van der Waals surface area contributed by atoms with E-state index in [1.165, 1.54) is 51.2 Å². The molecule has 0 aliphatic rings. The van der Waals surface area contributed by atoms with Crippen LogP contribution in [0.3, 0.4) is 0 Å². The van der Waals surface area contributed by atoms with Crippen LogP contribution >= 0.6 is 274 Å². The lowest BCUT2D eigenvalue weighted by molar-refractivity contribution is 0.146. The van der Waals surface area contributed by atoms with Crippen molar-refractivity contribution in [3.63, 3.8) is 0 Å². The topological polar surface area (TPSA) is 355 Å². The molecule has 0 radical (unpaired) electrons. The lowest BCUT2D eigenvalue weighted by atomic mass is 10.2. The number of para-hydroxylation sites is 1. The first-order chi connectivity index (χ1) is 65.0. The second-order valence-corrected chi connectivity index (χ2v) is 39.4. The van der Waals surface area contributed by atoms with Crippen molar-refractivity contribution in [3.05, 3.63) is 420 Å². The summed E-state index contributed by atoms with van der Waals surface area (Å²) in [6, 6.07) is 55.9. The summed E-state index contributed by atoms with van der Waals surface area (Å²) in [6.45, 7) is 6.06. The Morgan fingerprint density at radius 3 is 1.10 bits per heavy atom. The molecule has 0 atom stereocenters. The molecule has 9 heterocycles. The molecule has 30 nitrogen and oxygen atoms in total. The van der Waals surface area contributed by atoms with Gasteiger partial charge >= 0.3 is 0 Å². The van der Waals surface area contributed by atoms with Gasteiger partial charge in [0.05, 0.1) is 154 Å². The molecule has 7 aromatic carbocycles. The molecule has 0 aliphatic heterocycles. The molecular formula is C88H64Br10Cl6I2N18O12. The number of hydrogen-bond donors (Lipinski definition) is 1. The maximum absolute atomic E-state index is 12.1. The minimum Gasteiger partial charge on any atom is -0.497 e. The molecule has 0 unspecified atom stereocenters. The van der Waals surface area contributed by atoms with Gasteiger partial charge in [0.15, 0.2) is 5.82 Å². The molecular weight excluding hydrogens is 2770 g/mol. The Balaban J connectivity index is 0.000000175. The molecule has 0 amide bonds. The number of nitrogens with two attached hydrogens (primary N) is 1. The molecule has 16 aromatic rings. The molecule has 0 fully saturated rings. The maximum atomic E-state index is 12.1. The van der Waals surface area contributed by atoms with Crippen LogP contribution < -0.4 is 64.4 Å². The zero-order valence-corrected chi connectivity index (χ0v) is 94.7. The van der Waals surface area contributed by atoms with Gasteiger partial charge in [-0.05, 0) is 346 Å². The van der Waals surface area contributed by atoms with Crippen LogP contribution in [0.2, 0.25) is 30.1 Å². The summed E-state index contributed by atoms with van der Waals surface area (Å²) in [5.41, 5.74) is 10.00. The smallest absolute Gasteiger partial charge is 0.291 e. The van der Waals surface area contributed by atoms with E-state index < -0.39 is 11.1 Å². The van der Waals surface area contributed by atoms with Gasteiger partial charge in [-0.25, -0.2) is 4.98 Å². The summed E-state index contributed by atoms with van der Waals surface area (Å²) in [5.74, 6) is 2.52. The van der Waals surface area contributed by atoms with Crippen molar-refractivity contribution in [2.75, 3.05) is 40.6 Å². The Morgan fingerprint density at radius 2 is 0.691 bits per heavy atom. The zero-order valence-electron chi connectivity index (χ0n) is 70.0. The molecule has 0 bridgehead atoms. The first-order valence-corrected chi connectivity index (χ1v) is 50.7. The fraction of sp³-hybridized carbons (Fsp3) is 0.102. The maximum Gasteiger partial charge on any atom is 0.291 e. The first kappa shape index (κ1) is 112. The predicted octanol–water partition coefficient (Wildman–Crippen LogP) is 22.4. The molecule has 0 saturated carbocycles. The van der Waals surface area contributed by atoms with Gasteiger partial charge in [-0.2, -0.15) is 78.2 Å². The molecule has 2 N–H and O–H groups in total. The SMILES string of the molecule is COCCOc1cccc(-n2ncc(Br)c(Br)c2=O)c1.COc1cccc(-n2ncc(Br)c(Br)c2=O)c1.Cc1cccc(-n2ncc(Br)c(Br)c2=O)c1.Cc1cccc(-n2ncc(I)c(I)c2=O)c1.NCCCOc1cccc(-n2ncc(Br)c(Br)c2=O)c1.O=c1c(Br)c(Br)cnn1-c1ccccn1.O=c1c(Cl)c(Cl)cnn1-c1ccc(Cl)cc1Cl.O=c1c(Cl)c(Cl)cnn1-c1ccccc1. The first-order valence-electron chi connectivity index (χ1n) is 38.3. The van der Waals surface area contributed by atoms with Crippen molar-refractivity contribution in [1.29, 1.82) is 0 Å². The average molecular weight is 2830 g/mol. The van der Waals surface area contributed by atoms with E-state index in [1.54, 1.807) is 143 Å². The van der Waals surface area contributed by atoms with E-state index in [2.05, 4.69) is 228 Å². The van der Waals surface area contributed by atoms with Crippen LogP contribution in [0.4, 0.5) is 0 Å². The molecule has 9 aromatic heterocycles. The van der Waals surface area contributed by atoms with Gasteiger partial charge in [-0.3, -0.25) is 38.4 Å². The van der Waals surface area contributed by atoms with E-state index in [1.807, 2.05) is 134 Å². The van der Waals surface area contributed by atoms with Gasteiger partial charge < -0.3 is 24.7 Å². The average Bonchev–Trinajstić information content (AvgIpc) is 0.757. The van der Waals surface area contributed by atoms with Gasteiger partial charge in [0.1, 0.15) is 56.3 Å². The molecule has 136 heavy (non-hydrogen) atoms. The van der Waals surface area contributed by atoms with Gasteiger partial charge in [-0.15, -0.1) is 0 Å². The van der Waals surface area contributed by atoms with Crippen LogP contribution in [0.5, 0.6) is 17.2 Å². The highest BCUT2D eigenvalue weighted by molar-refractivity contribution is 14.1. The van der Waals surface area contributed by atoms with Crippen LogP contribution in [0.15, 0.2) is 327 Å². The normalized spacial score (nSPS) is 10.4. The van der Waals surface area contributed by atoms with Gasteiger partial charge in [-0.1, -0.05) is 136 Å². The number of benzene rings is 7. The summed E-state index contributed by atoms with van der Waals surface area (Å²) in [4.78, 5) is 99.5. The predicted molar refractivity (Wildman–Crippen MR) is 582 cm³/mol. The third-order valence-electron chi connectivity index (χ3n) is 17.1. The fourth-order valence-electron chi connectivity index (χ4n) is 10.6. The largest absolute Gasteiger partial charge is 0.497 e. The number of pyridine rings is 1. The molecule has 48 heteroatoms. The van der Waals surface area contributed by atoms with Crippen LogP contribution in [-0.2, 0) is 4.74 Å². The summed E-state index contributed by atoms with van der Waals surface area (Å²) in [7, 11) is 3.19. The summed E-state index contributed by atoms with van der Waals surface area (Å²) in [6.07, 6.45) is 14.5. The Morgan fingerprint density at radius 1 is 0.338 bits per heavy atom. The number of rotatable bonds is 17. The van der Waals surface area contributed by atoms with Crippen molar-refractivity contribution in [1.82, 2.24) is 83.2 Å². The van der Waals surface area contributed by atoms with Crippen molar-refractivity contribution < 1.29 is 18.9 Å². The molecule has 704 valence electrons. The fourth-order valence-corrected chi connectivity index (χ4v) is 15.0. The van der Waals surface area contributed by atoms with Crippen LogP contribution in [0, 0.1) is 21.0 Å². The van der Waals surface area contributed by atoms with Gasteiger partial charge in [0.2, 0.25) is 0 Å². The van der Waals surface area contributed by atoms with Gasteiger partial charge in [0, 0.05) is 36.5 Å². The van der Waals surface area contributed by atoms with Crippen LogP contribution in [0.1, 0.15) is 17.5 Å². The number of aryl methyl sites for hydroxylation is 2. The Bertz CT molecular complexity index is 7130. The second-order valence-electron chi connectivity index (χ2n) is 26.5. The molecule has 0 saturated heterocycles. The third-order valence-corrected chi connectivity index (χ3v) is 31.5. The second kappa shape index (κ2) is 55.3. The number of hydrogen-bond acceptors (Lipinski definition) is 22. The van der Waals surface area contributed by atoms with E-state index in [-0.39, 0.29) is 53.4 Å². The van der Waals surface area contributed by atoms with E-state index >= 15 is 0 Å². The Hall–Kier alpha value is -7.95. The van der Waals surface area contributed by atoms with Crippen molar-refractivity contribution in [2.24, 2.45) is 5.73 Å². The van der Waals surface area contributed by atoms with Crippen molar-refractivity contribution in [3.8, 4) is 62.9 Å². The van der Waals surface area contributed by atoms with E-state index in [0.29, 0.717) is 136 Å². The number of halogens is 18. The summed E-state index contributed by atoms with van der Waals surface area (Å²) in [5, 5.41) is 33.1. The highest BCUT2D eigenvalue weighted by Gasteiger charge is 2.18. The molecule has 16 rings (SSSR count).